The van der Waals surface area contributed by atoms with Gasteiger partial charge in [0.2, 0.25) is 0 Å². The van der Waals surface area contributed by atoms with E-state index in [9.17, 15) is 0 Å². The minimum atomic E-state index is 0.876. The van der Waals surface area contributed by atoms with Gasteiger partial charge in [0.05, 0.1) is 0 Å². The lowest BCUT2D eigenvalue weighted by molar-refractivity contribution is 0.668. The molecule has 0 unspecified atom stereocenters. The Morgan fingerprint density at radius 2 is 0.769 bits per heavy atom. The summed E-state index contributed by atoms with van der Waals surface area (Å²) in [6.45, 7) is 0. The third-order valence-corrected chi connectivity index (χ3v) is 10.7. The summed E-state index contributed by atoms with van der Waals surface area (Å²) in [5.74, 6) is 0. The van der Waals surface area contributed by atoms with Gasteiger partial charge in [-0.2, -0.15) is 0 Å². The highest BCUT2D eigenvalue weighted by Gasteiger charge is 2.20. The van der Waals surface area contributed by atoms with E-state index in [0.717, 1.165) is 66.1 Å². The molecule has 0 aliphatic carbocycles. The molecule has 2 nitrogen and oxygen atoms in total. The van der Waals surface area contributed by atoms with Gasteiger partial charge in [-0.25, -0.2) is 0 Å². The summed E-state index contributed by atoms with van der Waals surface area (Å²) in [5, 5.41) is 9.44. The van der Waals surface area contributed by atoms with Crippen LogP contribution in [0.1, 0.15) is 0 Å². The predicted molar refractivity (Wildman–Crippen MR) is 218 cm³/mol. The maximum absolute atomic E-state index is 6.76. The molecular formula is C50H30O2. The van der Waals surface area contributed by atoms with E-state index in [1.807, 2.05) is 18.2 Å². The van der Waals surface area contributed by atoms with Crippen molar-refractivity contribution in [2.45, 2.75) is 0 Å². The zero-order valence-corrected chi connectivity index (χ0v) is 28.1. The summed E-state index contributed by atoms with van der Waals surface area (Å²) < 4.78 is 13.1. The molecule has 0 saturated heterocycles. The van der Waals surface area contributed by atoms with E-state index in [1.165, 1.54) is 43.8 Å². The number of para-hydroxylation sites is 2. The van der Waals surface area contributed by atoms with Gasteiger partial charge < -0.3 is 8.83 Å². The molecule has 0 atom stereocenters. The molecule has 2 heteroatoms. The van der Waals surface area contributed by atoms with Crippen LogP contribution < -0.4 is 0 Å². The monoisotopic (exact) mass is 662 g/mol. The molecule has 11 rings (SSSR count). The van der Waals surface area contributed by atoms with Crippen LogP contribution in [0.15, 0.2) is 191 Å². The van der Waals surface area contributed by atoms with Gasteiger partial charge in [0.15, 0.2) is 0 Å². The van der Waals surface area contributed by atoms with Crippen molar-refractivity contribution in [3.63, 3.8) is 0 Å². The number of benzene rings is 9. The summed E-state index contributed by atoms with van der Waals surface area (Å²) in [7, 11) is 0. The van der Waals surface area contributed by atoms with Gasteiger partial charge >= 0.3 is 0 Å². The topological polar surface area (TPSA) is 26.3 Å². The molecule has 0 aliphatic heterocycles. The molecule has 2 aromatic heterocycles. The molecule has 0 bridgehead atoms. The zero-order chi connectivity index (χ0) is 34.2. The van der Waals surface area contributed by atoms with Crippen molar-refractivity contribution in [2.24, 2.45) is 0 Å². The molecule has 242 valence electrons. The van der Waals surface area contributed by atoms with Crippen molar-refractivity contribution in [2.75, 3.05) is 0 Å². The molecule has 0 spiro atoms. The van der Waals surface area contributed by atoms with Crippen LogP contribution in [0.5, 0.6) is 0 Å². The van der Waals surface area contributed by atoms with Crippen molar-refractivity contribution < 1.29 is 8.83 Å². The summed E-state index contributed by atoms with van der Waals surface area (Å²) in [5.41, 5.74) is 12.9. The molecule has 0 aliphatic rings. The molecule has 0 saturated carbocycles. The second kappa shape index (κ2) is 11.3. The van der Waals surface area contributed by atoms with Crippen LogP contribution in [0.4, 0.5) is 0 Å². The smallest absolute Gasteiger partial charge is 0.143 e. The molecule has 9 aromatic carbocycles. The molecule has 0 radical (unpaired) electrons. The van der Waals surface area contributed by atoms with E-state index in [1.54, 1.807) is 0 Å². The maximum atomic E-state index is 6.76. The lowest BCUT2D eigenvalue weighted by atomic mass is 9.85. The lowest BCUT2D eigenvalue weighted by Gasteiger charge is -2.18. The Kier molecular flexibility index (Phi) is 6.28. The largest absolute Gasteiger partial charge is 0.456 e. The first-order valence-electron chi connectivity index (χ1n) is 17.8. The maximum Gasteiger partial charge on any atom is 0.143 e. The Hall–Kier alpha value is -6.90. The van der Waals surface area contributed by atoms with Crippen LogP contribution >= 0.6 is 0 Å². The Balaban J connectivity index is 1.13. The number of rotatable bonds is 4. The average Bonchev–Trinajstić information content (AvgIpc) is 3.78. The third-order valence-electron chi connectivity index (χ3n) is 10.7. The Bertz CT molecular complexity index is 3120. The first kappa shape index (κ1) is 28.9. The van der Waals surface area contributed by atoms with Crippen LogP contribution in [-0.2, 0) is 0 Å². The molecule has 0 amide bonds. The number of hydrogen-bond acceptors (Lipinski definition) is 2. The van der Waals surface area contributed by atoms with Crippen LogP contribution in [0, 0.1) is 0 Å². The average molecular weight is 663 g/mol. The molecular weight excluding hydrogens is 633 g/mol. The van der Waals surface area contributed by atoms with Crippen molar-refractivity contribution >= 4 is 65.4 Å². The first-order chi connectivity index (χ1) is 25.8. The fourth-order valence-corrected chi connectivity index (χ4v) is 8.39. The Labute approximate surface area is 299 Å². The van der Waals surface area contributed by atoms with Gasteiger partial charge in [-0.05, 0) is 96.9 Å². The molecule has 52 heavy (non-hydrogen) atoms. The van der Waals surface area contributed by atoms with Crippen LogP contribution in [0.25, 0.3) is 110 Å². The second-order valence-corrected chi connectivity index (χ2v) is 13.6. The highest BCUT2D eigenvalue weighted by Crippen LogP contribution is 2.46. The summed E-state index contributed by atoms with van der Waals surface area (Å²) >= 11 is 0. The quantitative estimate of drug-likeness (QED) is 0.175. The molecule has 2 heterocycles. The van der Waals surface area contributed by atoms with Crippen molar-refractivity contribution in [3.05, 3.63) is 182 Å². The zero-order valence-electron chi connectivity index (χ0n) is 28.1. The lowest BCUT2D eigenvalue weighted by Crippen LogP contribution is -1.91. The normalized spacial score (nSPS) is 11.8. The van der Waals surface area contributed by atoms with E-state index < -0.39 is 0 Å². The molecule has 0 fully saturated rings. The molecule has 11 aromatic rings. The van der Waals surface area contributed by atoms with Crippen molar-refractivity contribution in [1.82, 2.24) is 0 Å². The SMILES string of the molecule is c1ccc(-c2c3ccccc3c(-c3cccc(-c4ccc(-c5ccc6c(c5)oc5ccccc56)c5c4oc4ccccc45)c3)c3ccccc23)cc1. The van der Waals surface area contributed by atoms with E-state index in [0.29, 0.717) is 0 Å². The highest BCUT2D eigenvalue weighted by atomic mass is 16.3. The fraction of sp³-hybridized carbons (Fsp3) is 0. The summed E-state index contributed by atoms with van der Waals surface area (Å²) in [4.78, 5) is 0. The first-order valence-corrected chi connectivity index (χ1v) is 17.8. The fourth-order valence-electron chi connectivity index (χ4n) is 8.39. The minimum absolute atomic E-state index is 0.876. The second-order valence-electron chi connectivity index (χ2n) is 13.6. The van der Waals surface area contributed by atoms with E-state index >= 15 is 0 Å². The van der Waals surface area contributed by atoms with Gasteiger partial charge in [0.25, 0.3) is 0 Å². The van der Waals surface area contributed by atoms with Crippen LogP contribution in [-0.4, -0.2) is 0 Å². The Morgan fingerprint density at radius 3 is 1.48 bits per heavy atom. The van der Waals surface area contributed by atoms with Gasteiger partial charge in [-0.15, -0.1) is 0 Å². The van der Waals surface area contributed by atoms with E-state index in [-0.39, 0.29) is 0 Å². The number of fused-ring (bicyclic) bond motifs is 8. The van der Waals surface area contributed by atoms with Gasteiger partial charge in [0, 0.05) is 27.1 Å². The predicted octanol–water partition coefficient (Wildman–Crippen LogP) is 14.5. The van der Waals surface area contributed by atoms with Gasteiger partial charge in [0.1, 0.15) is 22.3 Å². The summed E-state index contributed by atoms with van der Waals surface area (Å²) in [6, 6.07) is 65.0. The van der Waals surface area contributed by atoms with Gasteiger partial charge in [-0.1, -0.05) is 146 Å². The summed E-state index contributed by atoms with van der Waals surface area (Å²) in [6.07, 6.45) is 0. The minimum Gasteiger partial charge on any atom is -0.456 e. The van der Waals surface area contributed by atoms with E-state index in [4.69, 9.17) is 8.83 Å². The molecule has 0 N–H and O–H groups in total. The number of furan rings is 2. The van der Waals surface area contributed by atoms with Crippen LogP contribution in [0.2, 0.25) is 0 Å². The Morgan fingerprint density at radius 1 is 0.269 bits per heavy atom. The van der Waals surface area contributed by atoms with Crippen molar-refractivity contribution in [3.8, 4) is 44.5 Å². The van der Waals surface area contributed by atoms with Crippen LogP contribution in [0.3, 0.4) is 0 Å². The third kappa shape index (κ3) is 4.31. The van der Waals surface area contributed by atoms with Crippen molar-refractivity contribution in [1.29, 1.82) is 0 Å². The number of hydrogen-bond donors (Lipinski definition) is 0. The van der Waals surface area contributed by atoms with Gasteiger partial charge in [-0.3, -0.25) is 0 Å². The van der Waals surface area contributed by atoms with E-state index in [2.05, 4.69) is 164 Å². The standard InChI is InChI=1S/C50H30O2/c1-2-13-31(14-3-1)47-39-18-4-6-20-41(39)48(42-21-7-5-19-40(42)47)34-16-12-15-32(29-34)36-28-27-35(49-43-22-9-11-24-45(43)52-50(36)49)33-25-26-38-37-17-8-10-23-44(37)51-46(38)30-33/h1-30H. The highest BCUT2D eigenvalue weighted by molar-refractivity contribution is 6.22.